The van der Waals surface area contributed by atoms with Crippen LogP contribution in [0.25, 0.3) is 11.1 Å². The lowest BCUT2D eigenvalue weighted by atomic mass is 9.68. The van der Waals surface area contributed by atoms with Gasteiger partial charge in [-0.15, -0.1) is 0 Å². The number of hydrogen-bond donors (Lipinski definition) is 0. The Hall–Kier alpha value is -4.15. The molecule has 0 amide bonds. The second-order valence-corrected chi connectivity index (χ2v) is 13.1. The van der Waals surface area contributed by atoms with Crippen LogP contribution in [0.2, 0.25) is 0 Å². The van der Waals surface area contributed by atoms with E-state index in [2.05, 4.69) is 72.8 Å². The maximum Gasteiger partial charge on any atom is 0.229 e. The van der Waals surface area contributed by atoms with Crippen LogP contribution in [0.5, 0.6) is 11.5 Å². The van der Waals surface area contributed by atoms with E-state index in [1.54, 1.807) is 13.8 Å². The van der Waals surface area contributed by atoms with Gasteiger partial charge in [0.05, 0.1) is 18.6 Å². The smallest absolute Gasteiger partial charge is 0.229 e. The fraction of sp³-hybridized carbons (Fsp3) is 0.189. The van der Waals surface area contributed by atoms with Gasteiger partial charge in [-0.2, -0.15) is 0 Å². The Bertz CT molecular complexity index is 1670. The molecule has 0 fully saturated rings. The van der Waals surface area contributed by atoms with Gasteiger partial charge in [0.25, 0.3) is 0 Å². The molecule has 6 heteroatoms. The number of benzene rings is 5. The first-order chi connectivity index (χ1) is 21.0. The van der Waals surface area contributed by atoms with Crippen molar-refractivity contribution in [3.05, 3.63) is 150 Å². The molecule has 0 radical (unpaired) electrons. The van der Waals surface area contributed by atoms with Gasteiger partial charge in [0.15, 0.2) is 0 Å². The molecule has 43 heavy (non-hydrogen) atoms. The zero-order chi connectivity index (χ0) is 29.7. The molecule has 0 bridgehead atoms. The van der Waals surface area contributed by atoms with Gasteiger partial charge < -0.3 is 18.7 Å². The molecule has 218 valence electrons. The SMILES string of the molecule is COCCOc1ccc(C2(c3ccc(OCCOP(C)(=O)c4ccccc4)cc3)c3ccccc3-c3ccccc32)cc1. The summed E-state index contributed by atoms with van der Waals surface area (Å²) in [7, 11) is -1.23. The quantitative estimate of drug-likeness (QED) is 0.108. The van der Waals surface area contributed by atoms with Gasteiger partial charge in [-0.3, -0.25) is 4.57 Å². The lowest BCUT2D eigenvalue weighted by Crippen LogP contribution is -2.28. The van der Waals surface area contributed by atoms with Crippen molar-refractivity contribution in [2.24, 2.45) is 0 Å². The summed E-state index contributed by atoms with van der Waals surface area (Å²) in [6.45, 7) is 3.21. The largest absolute Gasteiger partial charge is 0.491 e. The van der Waals surface area contributed by atoms with Crippen LogP contribution in [0.3, 0.4) is 0 Å². The van der Waals surface area contributed by atoms with Gasteiger partial charge in [-0.1, -0.05) is 91.0 Å². The molecule has 0 aliphatic heterocycles. The highest BCUT2D eigenvalue weighted by Crippen LogP contribution is 2.56. The first-order valence-electron chi connectivity index (χ1n) is 14.5. The van der Waals surface area contributed by atoms with Crippen molar-refractivity contribution in [3.63, 3.8) is 0 Å². The Kier molecular flexibility index (Phi) is 8.49. The molecule has 0 aromatic heterocycles. The monoisotopic (exact) mass is 590 g/mol. The van der Waals surface area contributed by atoms with Crippen molar-refractivity contribution in [1.29, 1.82) is 0 Å². The topological polar surface area (TPSA) is 54.0 Å². The van der Waals surface area contributed by atoms with Crippen molar-refractivity contribution >= 4 is 12.7 Å². The molecule has 1 aliphatic rings. The van der Waals surface area contributed by atoms with Crippen LogP contribution in [0, 0.1) is 0 Å². The predicted octanol–water partition coefficient (Wildman–Crippen LogP) is 7.70. The van der Waals surface area contributed by atoms with Gasteiger partial charge in [-0.25, -0.2) is 0 Å². The second kappa shape index (κ2) is 12.6. The first kappa shape index (κ1) is 28.9. The summed E-state index contributed by atoms with van der Waals surface area (Å²) in [5, 5.41) is 0.705. The summed E-state index contributed by atoms with van der Waals surface area (Å²) in [6.07, 6.45) is 0. The maximum absolute atomic E-state index is 13.0. The van der Waals surface area contributed by atoms with Gasteiger partial charge in [0.1, 0.15) is 24.7 Å². The van der Waals surface area contributed by atoms with Crippen molar-refractivity contribution in [3.8, 4) is 22.6 Å². The van der Waals surface area contributed by atoms with E-state index < -0.39 is 12.8 Å². The summed E-state index contributed by atoms with van der Waals surface area (Å²) in [5.74, 6) is 1.54. The molecular weight excluding hydrogens is 555 g/mol. The fourth-order valence-electron chi connectivity index (χ4n) is 6.01. The molecular formula is C37H35O5P. The summed E-state index contributed by atoms with van der Waals surface area (Å²) >= 11 is 0. The summed E-state index contributed by atoms with van der Waals surface area (Å²) in [5.41, 5.74) is 6.74. The molecule has 0 N–H and O–H groups in total. The van der Waals surface area contributed by atoms with E-state index in [1.165, 1.54) is 22.3 Å². The zero-order valence-corrected chi connectivity index (χ0v) is 25.3. The minimum atomic E-state index is -2.90. The van der Waals surface area contributed by atoms with Gasteiger partial charge in [-0.05, 0) is 69.8 Å². The highest BCUT2D eigenvalue weighted by molar-refractivity contribution is 7.66. The molecule has 0 heterocycles. The van der Waals surface area contributed by atoms with E-state index in [9.17, 15) is 4.57 Å². The van der Waals surface area contributed by atoms with Gasteiger partial charge in [0, 0.05) is 19.1 Å². The van der Waals surface area contributed by atoms with E-state index in [1.807, 2.05) is 54.6 Å². The molecule has 0 spiro atoms. The van der Waals surface area contributed by atoms with Crippen LogP contribution in [-0.2, 0) is 19.2 Å². The van der Waals surface area contributed by atoms with Crippen LogP contribution in [0.1, 0.15) is 22.3 Å². The third-order valence-electron chi connectivity index (χ3n) is 8.00. The fourth-order valence-corrected chi connectivity index (χ4v) is 7.30. The van der Waals surface area contributed by atoms with Crippen LogP contribution in [-0.4, -0.2) is 40.2 Å². The Labute approximate surface area is 253 Å². The molecule has 5 aromatic carbocycles. The normalized spacial score (nSPS) is 14.4. The van der Waals surface area contributed by atoms with Crippen LogP contribution in [0.15, 0.2) is 127 Å². The lowest BCUT2D eigenvalue weighted by molar-refractivity contribution is 0.146. The van der Waals surface area contributed by atoms with Crippen LogP contribution in [0.4, 0.5) is 0 Å². The maximum atomic E-state index is 13.0. The highest BCUT2D eigenvalue weighted by Gasteiger charge is 2.45. The Morgan fingerprint density at radius 2 is 1.02 bits per heavy atom. The van der Waals surface area contributed by atoms with E-state index in [0.717, 1.165) is 22.6 Å². The second-order valence-electron chi connectivity index (χ2n) is 10.6. The van der Waals surface area contributed by atoms with Crippen molar-refractivity contribution < 1.29 is 23.3 Å². The average molecular weight is 591 g/mol. The number of methoxy groups -OCH3 is 1. The number of rotatable bonds is 12. The standard InChI is InChI=1S/C37H35O5P/c1-39-24-25-40-30-20-16-28(17-21-30)37(35-14-8-6-12-33(35)34-13-7-9-15-36(34)37)29-18-22-31(23-19-29)41-26-27-42-43(2,38)32-10-4-3-5-11-32/h3-23H,24-27H2,1-2H3. The molecule has 0 saturated heterocycles. The summed E-state index contributed by atoms with van der Waals surface area (Å²) in [6, 6.07) is 43.3. The molecule has 0 saturated carbocycles. The van der Waals surface area contributed by atoms with Crippen molar-refractivity contribution in [2.45, 2.75) is 5.41 Å². The Balaban J connectivity index is 1.29. The molecule has 6 rings (SSSR count). The molecule has 1 aliphatic carbocycles. The van der Waals surface area contributed by atoms with Crippen LogP contribution >= 0.6 is 7.37 Å². The molecule has 5 nitrogen and oxygen atoms in total. The zero-order valence-electron chi connectivity index (χ0n) is 24.4. The van der Waals surface area contributed by atoms with E-state index in [0.29, 0.717) is 25.1 Å². The van der Waals surface area contributed by atoms with Crippen molar-refractivity contribution in [1.82, 2.24) is 0 Å². The molecule has 1 atom stereocenters. The average Bonchev–Trinajstić information content (AvgIpc) is 3.35. The van der Waals surface area contributed by atoms with Crippen LogP contribution < -0.4 is 14.8 Å². The Morgan fingerprint density at radius 1 is 0.558 bits per heavy atom. The van der Waals surface area contributed by atoms with Gasteiger partial charge >= 0.3 is 0 Å². The van der Waals surface area contributed by atoms with Crippen molar-refractivity contribution in [2.75, 3.05) is 40.2 Å². The predicted molar refractivity (Wildman–Crippen MR) is 172 cm³/mol. The highest BCUT2D eigenvalue weighted by atomic mass is 31.2. The molecule has 1 unspecified atom stereocenters. The Morgan fingerprint density at radius 3 is 1.53 bits per heavy atom. The van der Waals surface area contributed by atoms with E-state index in [4.69, 9.17) is 18.7 Å². The summed E-state index contributed by atoms with van der Waals surface area (Å²) < 4.78 is 35.8. The first-order valence-corrected chi connectivity index (χ1v) is 16.5. The molecule has 5 aromatic rings. The van der Waals surface area contributed by atoms with E-state index in [-0.39, 0.29) is 6.61 Å². The number of fused-ring (bicyclic) bond motifs is 3. The third kappa shape index (κ3) is 5.64. The third-order valence-corrected chi connectivity index (χ3v) is 9.91. The lowest BCUT2D eigenvalue weighted by Gasteiger charge is -2.34. The number of ether oxygens (including phenoxy) is 3. The minimum absolute atomic E-state index is 0.230. The number of hydrogen-bond acceptors (Lipinski definition) is 5. The van der Waals surface area contributed by atoms with Gasteiger partial charge in [0.2, 0.25) is 7.37 Å². The minimum Gasteiger partial charge on any atom is -0.491 e. The van der Waals surface area contributed by atoms with E-state index >= 15 is 0 Å². The summed E-state index contributed by atoms with van der Waals surface area (Å²) in [4.78, 5) is 0.